The fourth-order valence-corrected chi connectivity index (χ4v) is 3.09. The Bertz CT molecular complexity index is 568. The van der Waals surface area contributed by atoms with Crippen LogP contribution in [0, 0.1) is 0 Å². The normalized spacial score (nSPS) is 21.5. The first-order valence-electron chi connectivity index (χ1n) is 8.44. The number of hydrogen-bond donors (Lipinski definition) is 2. The van der Waals surface area contributed by atoms with Crippen LogP contribution < -0.4 is 10.6 Å². The van der Waals surface area contributed by atoms with E-state index in [4.69, 9.17) is 0 Å². The summed E-state index contributed by atoms with van der Waals surface area (Å²) in [6.45, 7) is 1.49. The van der Waals surface area contributed by atoms with Crippen molar-refractivity contribution >= 4 is 11.8 Å². The molecule has 6 heteroatoms. The van der Waals surface area contributed by atoms with Gasteiger partial charge >= 0.3 is 6.03 Å². The molecule has 2 saturated carbocycles. The first-order chi connectivity index (χ1) is 10.8. The van der Waals surface area contributed by atoms with Gasteiger partial charge in [-0.05, 0) is 38.5 Å². The van der Waals surface area contributed by atoms with Crippen LogP contribution in [0.3, 0.4) is 0 Å². The van der Waals surface area contributed by atoms with Crippen LogP contribution in [0.2, 0.25) is 0 Å². The van der Waals surface area contributed by atoms with Crippen LogP contribution in [0.25, 0.3) is 0 Å². The van der Waals surface area contributed by atoms with Crippen molar-refractivity contribution in [2.45, 2.75) is 57.0 Å². The standard InChI is InChI=1S/C16H23N5O/c22-16(20-12-4-5-12)21-8-6-13-14(7-9-21)17-10-18-15(13)19-11-2-1-3-11/h10-12H,1-9H2,(H,20,22)(H,17,18,19). The number of amides is 2. The topological polar surface area (TPSA) is 70.2 Å². The Morgan fingerprint density at radius 3 is 2.64 bits per heavy atom. The van der Waals surface area contributed by atoms with Crippen molar-refractivity contribution in [3.8, 4) is 0 Å². The fourth-order valence-electron chi connectivity index (χ4n) is 3.09. The molecule has 0 atom stereocenters. The van der Waals surface area contributed by atoms with E-state index >= 15 is 0 Å². The lowest BCUT2D eigenvalue weighted by Gasteiger charge is -2.28. The molecule has 2 N–H and O–H groups in total. The number of nitrogens with zero attached hydrogens (tertiary/aromatic N) is 3. The summed E-state index contributed by atoms with van der Waals surface area (Å²) >= 11 is 0. The van der Waals surface area contributed by atoms with Gasteiger partial charge < -0.3 is 15.5 Å². The predicted molar refractivity (Wildman–Crippen MR) is 83.8 cm³/mol. The third-order valence-corrected chi connectivity index (χ3v) is 4.92. The number of carbonyl (C=O) groups is 1. The van der Waals surface area contributed by atoms with Crippen LogP contribution in [0.5, 0.6) is 0 Å². The van der Waals surface area contributed by atoms with Crippen molar-refractivity contribution in [1.29, 1.82) is 0 Å². The lowest BCUT2D eigenvalue weighted by molar-refractivity contribution is 0.199. The minimum Gasteiger partial charge on any atom is -0.367 e. The van der Waals surface area contributed by atoms with Gasteiger partial charge in [-0.25, -0.2) is 14.8 Å². The van der Waals surface area contributed by atoms with Crippen LogP contribution >= 0.6 is 0 Å². The SMILES string of the molecule is O=C(NC1CC1)N1CCc2ncnc(NC3CCC3)c2CC1. The van der Waals surface area contributed by atoms with Crippen molar-refractivity contribution < 1.29 is 4.79 Å². The van der Waals surface area contributed by atoms with Crippen molar-refractivity contribution in [2.75, 3.05) is 18.4 Å². The second-order valence-electron chi connectivity index (χ2n) is 6.63. The van der Waals surface area contributed by atoms with Gasteiger partial charge in [-0.15, -0.1) is 0 Å². The largest absolute Gasteiger partial charge is 0.367 e. The van der Waals surface area contributed by atoms with E-state index in [-0.39, 0.29) is 6.03 Å². The molecule has 1 aromatic rings. The number of fused-ring (bicyclic) bond motifs is 1. The minimum absolute atomic E-state index is 0.0803. The van der Waals surface area contributed by atoms with E-state index in [9.17, 15) is 4.79 Å². The highest BCUT2D eigenvalue weighted by Gasteiger charge is 2.28. The number of urea groups is 1. The van der Waals surface area contributed by atoms with Crippen LogP contribution in [-0.2, 0) is 12.8 Å². The minimum atomic E-state index is 0.0803. The smallest absolute Gasteiger partial charge is 0.317 e. The van der Waals surface area contributed by atoms with Crippen LogP contribution in [0.15, 0.2) is 6.33 Å². The molecule has 2 amide bonds. The zero-order chi connectivity index (χ0) is 14.9. The lowest BCUT2D eigenvalue weighted by atomic mass is 9.93. The molecule has 22 heavy (non-hydrogen) atoms. The Labute approximate surface area is 130 Å². The second-order valence-corrected chi connectivity index (χ2v) is 6.63. The van der Waals surface area contributed by atoms with Crippen LogP contribution in [0.4, 0.5) is 10.6 Å². The fraction of sp³-hybridized carbons (Fsp3) is 0.688. The van der Waals surface area contributed by atoms with Gasteiger partial charge in [0, 0.05) is 37.2 Å². The molecule has 6 nitrogen and oxygen atoms in total. The van der Waals surface area contributed by atoms with Gasteiger partial charge in [0.1, 0.15) is 12.1 Å². The molecule has 0 radical (unpaired) electrons. The lowest BCUT2D eigenvalue weighted by Crippen LogP contribution is -2.42. The zero-order valence-electron chi connectivity index (χ0n) is 12.8. The number of anilines is 1. The van der Waals surface area contributed by atoms with E-state index in [0.29, 0.717) is 12.1 Å². The first kappa shape index (κ1) is 13.8. The number of aromatic nitrogens is 2. The van der Waals surface area contributed by atoms with E-state index in [0.717, 1.165) is 50.3 Å². The molecular formula is C16H23N5O. The highest BCUT2D eigenvalue weighted by molar-refractivity contribution is 5.75. The Morgan fingerprint density at radius 1 is 1.09 bits per heavy atom. The van der Waals surface area contributed by atoms with E-state index < -0.39 is 0 Å². The molecule has 0 saturated heterocycles. The summed E-state index contributed by atoms with van der Waals surface area (Å²) in [7, 11) is 0. The summed E-state index contributed by atoms with van der Waals surface area (Å²) in [5.74, 6) is 0.985. The number of hydrogen-bond acceptors (Lipinski definition) is 4. The van der Waals surface area contributed by atoms with E-state index in [2.05, 4.69) is 20.6 Å². The third-order valence-electron chi connectivity index (χ3n) is 4.92. The van der Waals surface area contributed by atoms with E-state index in [1.54, 1.807) is 6.33 Å². The maximum Gasteiger partial charge on any atom is 0.317 e. The van der Waals surface area contributed by atoms with Gasteiger partial charge in [0.15, 0.2) is 0 Å². The van der Waals surface area contributed by atoms with Crippen molar-refractivity contribution in [1.82, 2.24) is 20.2 Å². The highest BCUT2D eigenvalue weighted by atomic mass is 16.2. The van der Waals surface area contributed by atoms with Gasteiger partial charge in [-0.2, -0.15) is 0 Å². The molecule has 118 valence electrons. The van der Waals surface area contributed by atoms with E-state index in [1.807, 2.05) is 4.90 Å². The summed E-state index contributed by atoms with van der Waals surface area (Å²) in [6, 6.07) is 1.06. The van der Waals surface area contributed by atoms with Gasteiger partial charge in [0.25, 0.3) is 0 Å². The molecule has 2 aliphatic carbocycles. The molecule has 1 aliphatic heterocycles. The molecule has 2 heterocycles. The average molecular weight is 301 g/mol. The zero-order valence-corrected chi connectivity index (χ0v) is 12.8. The summed E-state index contributed by atoms with van der Waals surface area (Å²) < 4.78 is 0. The molecule has 0 bridgehead atoms. The van der Waals surface area contributed by atoms with Crippen LogP contribution in [-0.4, -0.2) is 46.1 Å². The first-order valence-corrected chi connectivity index (χ1v) is 8.44. The average Bonchev–Trinajstić information content (AvgIpc) is 3.28. The molecule has 4 rings (SSSR count). The maximum atomic E-state index is 12.2. The monoisotopic (exact) mass is 301 g/mol. The second kappa shape index (κ2) is 5.74. The predicted octanol–water partition coefficient (Wildman–Crippen LogP) is 1.71. The molecule has 1 aromatic heterocycles. The Kier molecular flexibility index (Phi) is 3.60. The Balaban J connectivity index is 1.45. The number of carbonyl (C=O) groups excluding carboxylic acids is 1. The summed E-state index contributed by atoms with van der Waals surface area (Å²) in [5.41, 5.74) is 2.30. The van der Waals surface area contributed by atoms with Gasteiger partial charge in [-0.1, -0.05) is 0 Å². The molecule has 3 aliphatic rings. The van der Waals surface area contributed by atoms with Crippen molar-refractivity contribution in [2.24, 2.45) is 0 Å². The molecular weight excluding hydrogens is 278 g/mol. The molecule has 0 spiro atoms. The summed E-state index contributed by atoms with van der Waals surface area (Å²) in [6.07, 6.45) is 9.32. The van der Waals surface area contributed by atoms with Gasteiger partial charge in [0.05, 0.1) is 5.69 Å². The third kappa shape index (κ3) is 2.87. The number of rotatable bonds is 3. The molecule has 2 fully saturated rings. The Hall–Kier alpha value is -1.85. The van der Waals surface area contributed by atoms with Gasteiger partial charge in [0.2, 0.25) is 0 Å². The summed E-state index contributed by atoms with van der Waals surface area (Å²) in [5, 5.41) is 6.63. The quantitative estimate of drug-likeness (QED) is 0.892. The Morgan fingerprint density at radius 2 is 1.91 bits per heavy atom. The van der Waals surface area contributed by atoms with Crippen LogP contribution in [0.1, 0.15) is 43.4 Å². The molecule has 0 unspecified atom stereocenters. The summed E-state index contributed by atoms with van der Waals surface area (Å²) in [4.78, 5) is 23.0. The van der Waals surface area contributed by atoms with Crippen molar-refractivity contribution in [3.05, 3.63) is 17.6 Å². The van der Waals surface area contributed by atoms with Gasteiger partial charge in [-0.3, -0.25) is 0 Å². The highest BCUT2D eigenvalue weighted by Crippen LogP contribution is 2.26. The maximum absolute atomic E-state index is 12.2. The van der Waals surface area contributed by atoms with Crippen molar-refractivity contribution in [3.63, 3.8) is 0 Å². The van der Waals surface area contributed by atoms with E-state index in [1.165, 1.54) is 24.8 Å². The number of nitrogens with one attached hydrogen (secondary N) is 2. The molecule has 0 aromatic carbocycles.